The summed E-state index contributed by atoms with van der Waals surface area (Å²) in [6, 6.07) is 0. The van der Waals surface area contributed by atoms with E-state index in [0.29, 0.717) is 5.92 Å². The molecule has 122 valence electrons. The van der Waals surface area contributed by atoms with Crippen LogP contribution in [0, 0.1) is 17.8 Å². The predicted molar refractivity (Wildman–Crippen MR) is 87.5 cm³/mol. The van der Waals surface area contributed by atoms with Crippen LogP contribution in [-0.4, -0.2) is 22.0 Å². The quantitative estimate of drug-likeness (QED) is 0.876. The lowest BCUT2D eigenvalue weighted by molar-refractivity contribution is -0.126. The van der Waals surface area contributed by atoms with Crippen LogP contribution in [0.1, 0.15) is 64.1 Å². The van der Waals surface area contributed by atoms with Gasteiger partial charge in [-0.3, -0.25) is 4.79 Å². The molecule has 1 heterocycles. The Hall–Kier alpha value is -1.32. The topological polar surface area (TPSA) is 46.9 Å². The smallest absolute Gasteiger partial charge is 0.223 e. The molecule has 0 aliphatic heterocycles. The van der Waals surface area contributed by atoms with Crippen molar-refractivity contribution in [2.45, 2.75) is 64.8 Å². The Kier molecular flexibility index (Phi) is 4.84. The average molecular weight is 303 g/mol. The summed E-state index contributed by atoms with van der Waals surface area (Å²) in [6.45, 7) is 6.17. The van der Waals surface area contributed by atoms with E-state index in [1.165, 1.54) is 31.5 Å². The van der Waals surface area contributed by atoms with Gasteiger partial charge in [0.2, 0.25) is 5.91 Å². The second-order valence-electron chi connectivity index (χ2n) is 7.40. The highest BCUT2D eigenvalue weighted by atomic mass is 16.1. The zero-order valence-corrected chi connectivity index (χ0v) is 13.9. The summed E-state index contributed by atoms with van der Waals surface area (Å²) in [5, 5.41) is 3.13. The molecule has 0 aromatic carbocycles. The lowest BCUT2D eigenvalue weighted by Gasteiger charge is -2.30. The van der Waals surface area contributed by atoms with Crippen LogP contribution in [0.5, 0.6) is 0 Å². The van der Waals surface area contributed by atoms with Crippen LogP contribution in [0.3, 0.4) is 0 Å². The third kappa shape index (κ3) is 3.71. The fourth-order valence-electron chi connectivity index (χ4n) is 3.70. The molecule has 1 N–H and O–H groups in total. The lowest BCUT2D eigenvalue weighted by atomic mass is 9.77. The van der Waals surface area contributed by atoms with Crippen molar-refractivity contribution in [3.05, 3.63) is 18.2 Å². The van der Waals surface area contributed by atoms with Gasteiger partial charge in [0.05, 0.1) is 0 Å². The molecule has 2 aliphatic carbocycles. The molecule has 0 radical (unpaired) electrons. The van der Waals surface area contributed by atoms with Crippen molar-refractivity contribution in [1.29, 1.82) is 0 Å². The Morgan fingerprint density at radius 1 is 1.27 bits per heavy atom. The van der Waals surface area contributed by atoms with Gasteiger partial charge < -0.3 is 9.88 Å². The number of nitrogens with one attached hydrogen (secondary N) is 1. The van der Waals surface area contributed by atoms with E-state index in [1.807, 2.05) is 12.4 Å². The number of aromatic nitrogens is 2. The monoisotopic (exact) mass is 303 g/mol. The SMILES string of the molecule is CC(C)C1CCC(C(=O)NCCn2ccnc2C2CC2)CC1. The molecular formula is C18H29N3O. The summed E-state index contributed by atoms with van der Waals surface area (Å²) in [7, 11) is 0. The normalized spacial score (nSPS) is 25.4. The maximum Gasteiger partial charge on any atom is 0.223 e. The number of hydrogen-bond acceptors (Lipinski definition) is 2. The zero-order valence-electron chi connectivity index (χ0n) is 13.9. The molecule has 0 saturated heterocycles. The molecule has 2 fully saturated rings. The number of nitrogens with zero attached hydrogens (tertiary/aromatic N) is 2. The highest BCUT2D eigenvalue weighted by Crippen LogP contribution is 2.38. The number of imidazole rings is 1. The first-order valence-electron chi connectivity index (χ1n) is 8.94. The summed E-state index contributed by atoms with van der Waals surface area (Å²) in [4.78, 5) is 16.7. The third-order valence-corrected chi connectivity index (χ3v) is 5.43. The molecule has 1 amide bonds. The Labute approximate surface area is 133 Å². The highest BCUT2D eigenvalue weighted by Gasteiger charge is 2.29. The van der Waals surface area contributed by atoms with Crippen LogP contribution in [-0.2, 0) is 11.3 Å². The van der Waals surface area contributed by atoms with Gasteiger partial charge in [0.1, 0.15) is 5.82 Å². The van der Waals surface area contributed by atoms with E-state index >= 15 is 0 Å². The molecule has 22 heavy (non-hydrogen) atoms. The molecule has 0 unspecified atom stereocenters. The van der Waals surface area contributed by atoms with E-state index in [4.69, 9.17) is 0 Å². The molecule has 2 aliphatic rings. The summed E-state index contributed by atoms with van der Waals surface area (Å²) in [6.07, 6.45) is 11.0. The van der Waals surface area contributed by atoms with Gasteiger partial charge in [-0.15, -0.1) is 0 Å². The lowest BCUT2D eigenvalue weighted by Crippen LogP contribution is -2.35. The van der Waals surface area contributed by atoms with Crippen LogP contribution in [0.2, 0.25) is 0 Å². The number of carbonyl (C=O) groups is 1. The van der Waals surface area contributed by atoms with E-state index in [-0.39, 0.29) is 11.8 Å². The van der Waals surface area contributed by atoms with E-state index in [2.05, 4.69) is 28.7 Å². The van der Waals surface area contributed by atoms with Crippen LogP contribution < -0.4 is 5.32 Å². The number of hydrogen-bond donors (Lipinski definition) is 1. The Balaban J connectivity index is 1.40. The minimum Gasteiger partial charge on any atom is -0.354 e. The van der Waals surface area contributed by atoms with Crippen LogP contribution >= 0.6 is 0 Å². The van der Waals surface area contributed by atoms with Crippen molar-refractivity contribution in [3.63, 3.8) is 0 Å². The van der Waals surface area contributed by atoms with Crippen molar-refractivity contribution >= 4 is 5.91 Å². The van der Waals surface area contributed by atoms with E-state index in [1.54, 1.807) is 0 Å². The first-order chi connectivity index (χ1) is 10.6. The second-order valence-corrected chi connectivity index (χ2v) is 7.40. The molecule has 1 aromatic rings. The zero-order chi connectivity index (χ0) is 15.5. The Bertz CT molecular complexity index is 496. The molecular weight excluding hydrogens is 274 g/mol. The summed E-state index contributed by atoms with van der Waals surface area (Å²) < 4.78 is 2.20. The van der Waals surface area contributed by atoms with Gasteiger partial charge in [0, 0.05) is 37.3 Å². The second kappa shape index (κ2) is 6.84. The van der Waals surface area contributed by atoms with Crippen molar-refractivity contribution < 1.29 is 4.79 Å². The largest absolute Gasteiger partial charge is 0.354 e. The third-order valence-electron chi connectivity index (χ3n) is 5.43. The van der Waals surface area contributed by atoms with Gasteiger partial charge in [-0.1, -0.05) is 13.8 Å². The van der Waals surface area contributed by atoms with Gasteiger partial charge >= 0.3 is 0 Å². The first kappa shape index (κ1) is 15.6. The average Bonchev–Trinajstić information content (AvgIpc) is 3.26. The van der Waals surface area contributed by atoms with Crippen molar-refractivity contribution in [3.8, 4) is 0 Å². The maximum atomic E-state index is 12.3. The number of rotatable bonds is 6. The minimum absolute atomic E-state index is 0.237. The van der Waals surface area contributed by atoms with Crippen molar-refractivity contribution in [2.24, 2.45) is 17.8 Å². The predicted octanol–water partition coefficient (Wildman–Crippen LogP) is 3.34. The summed E-state index contributed by atoms with van der Waals surface area (Å²) >= 11 is 0. The minimum atomic E-state index is 0.237. The molecule has 4 nitrogen and oxygen atoms in total. The molecule has 0 spiro atoms. The standard InChI is InChI=1S/C18H29N3O/c1-13(2)14-3-7-16(8-4-14)18(22)20-10-12-21-11-9-19-17(21)15-5-6-15/h9,11,13-16H,3-8,10,12H2,1-2H3,(H,20,22). The van der Waals surface area contributed by atoms with E-state index < -0.39 is 0 Å². The van der Waals surface area contributed by atoms with Gasteiger partial charge in [-0.05, 0) is 50.4 Å². The molecule has 4 heteroatoms. The fourth-order valence-corrected chi connectivity index (χ4v) is 3.70. The van der Waals surface area contributed by atoms with E-state index in [0.717, 1.165) is 37.8 Å². The number of carbonyl (C=O) groups excluding carboxylic acids is 1. The van der Waals surface area contributed by atoms with Crippen LogP contribution in [0.25, 0.3) is 0 Å². The Morgan fingerprint density at radius 2 is 2.00 bits per heavy atom. The molecule has 0 atom stereocenters. The highest BCUT2D eigenvalue weighted by molar-refractivity contribution is 5.78. The van der Waals surface area contributed by atoms with Crippen LogP contribution in [0.4, 0.5) is 0 Å². The molecule has 3 rings (SSSR count). The van der Waals surface area contributed by atoms with Gasteiger partial charge in [-0.25, -0.2) is 4.98 Å². The fraction of sp³-hybridized carbons (Fsp3) is 0.778. The Morgan fingerprint density at radius 3 is 2.64 bits per heavy atom. The summed E-state index contributed by atoms with van der Waals surface area (Å²) in [5.41, 5.74) is 0. The summed E-state index contributed by atoms with van der Waals surface area (Å²) in [5.74, 6) is 3.93. The maximum absolute atomic E-state index is 12.3. The van der Waals surface area contributed by atoms with Gasteiger partial charge in [-0.2, -0.15) is 0 Å². The number of amides is 1. The van der Waals surface area contributed by atoms with Crippen LogP contribution in [0.15, 0.2) is 12.4 Å². The van der Waals surface area contributed by atoms with Crippen molar-refractivity contribution in [2.75, 3.05) is 6.54 Å². The van der Waals surface area contributed by atoms with E-state index in [9.17, 15) is 4.79 Å². The molecule has 2 saturated carbocycles. The van der Waals surface area contributed by atoms with Gasteiger partial charge in [0.15, 0.2) is 0 Å². The molecule has 1 aromatic heterocycles. The van der Waals surface area contributed by atoms with Crippen molar-refractivity contribution in [1.82, 2.24) is 14.9 Å². The molecule has 0 bridgehead atoms. The van der Waals surface area contributed by atoms with Gasteiger partial charge in [0.25, 0.3) is 0 Å². The first-order valence-corrected chi connectivity index (χ1v) is 8.94.